The normalized spacial score (nSPS) is 17.1. The van der Waals surface area contributed by atoms with Crippen molar-refractivity contribution in [1.82, 2.24) is 4.98 Å². The number of hydrogen-bond donors (Lipinski definition) is 2. The lowest BCUT2D eigenvalue weighted by atomic mass is 9.92. The zero-order chi connectivity index (χ0) is 22.2. The number of fused-ring (bicyclic) bond motifs is 1. The summed E-state index contributed by atoms with van der Waals surface area (Å²) in [5.74, 6) is 0.560. The molecule has 1 saturated heterocycles. The van der Waals surface area contributed by atoms with Gasteiger partial charge in [0.25, 0.3) is 0 Å². The minimum Gasteiger partial charge on any atom is -0.388 e. The highest BCUT2D eigenvalue weighted by molar-refractivity contribution is 7.18. The average molecular weight is 438 g/mol. The number of aromatic nitrogens is 1. The summed E-state index contributed by atoms with van der Waals surface area (Å²) < 4.78 is 1.20. The first kappa shape index (κ1) is 22.1. The third-order valence-corrected chi connectivity index (χ3v) is 7.56. The largest absolute Gasteiger partial charge is 0.388 e. The van der Waals surface area contributed by atoms with Gasteiger partial charge in [0, 0.05) is 12.2 Å². The van der Waals surface area contributed by atoms with Crippen LogP contribution in [0.3, 0.4) is 0 Å². The molecule has 0 radical (unpaired) electrons. The number of nitrogens with zero attached hydrogens (tertiary/aromatic N) is 2. The minimum absolute atomic E-state index is 0.124. The van der Waals surface area contributed by atoms with Crippen molar-refractivity contribution >= 4 is 38.6 Å². The van der Waals surface area contributed by atoms with Gasteiger partial charge in [0.15, 0.2) is 0 Å². The molecule has 31 heavy (non-hydrogen) atoms. The molecule has 0 aliphatic carbocycles. The van der Waals surface area contributed by atoms with Crippen LogP contribution in [0, 0.1) is 6.92 Å². The summed E-state index contributed by atoms with van der Waals surface area (Å²) in [6.07, 6.45) is 4.40. The molecule has 1 aliphatic rings. The van der Waals surface area contributed by atoms with Crippen LogP contribution < -0.4 is 10.2 Å². The number of benzene rings is 2. The van der Waals surface area contributed by atoms with Crippen molar-refractivity contribution in [3.05, 3.63) is 47.0 Å². The summed E-state index contributed by atoms with van der Waals surface area (Å²) in [4.78, 5) is 6.99. The lowest BCUT2D eigenvalue weighted by Crippen LogP contribution is -2.45. The summed E-state index contributed by atoms with van der Waals surface area (Å²) in [6.45, 7) is 11.4. The first-order chi connectivity index (χ1) is 14.8. The minimum atomic E-state index is -0.735. The van der Waals surface area contributed by atoms with Crippen molar-refractivity contribution in [3.63, 3.8) is 0 Å². The van der Waals surface area contributed by atoms with Gasteiger partial charge < -0.3 is 15.3 Å². The van der Waals surface area contributed by atoms with Crippen molar-refractivity contribution in [2.45, 2.75) is 77.9 Å². The van der Waals surface area contributed by atoms with Gasteiger partial charge in [0.1, 0.15) is 0 Å². The van der Waals surface area contributed by atoms with Crippen LogP contribution in [0.2, 0.25) is 0 Å². The summed E-state index contributed by atoms with van der Waals surface area (Å²) in [6, 6.07) is 13.4. The Balaban J connectivity index is 1.75. The number of aryl methyl sites for hydroxylation is 1. The highest BCUT2D eigenvalue weighted by Gasteiger charge is 2.37. The van der Waals surface area contributed by atoms with E-state index in [4.69, 9.17) is 0 Å². The molecule has 0 spiro atoms. The summed E-state index contributed by atoms with van der Waals surface area (Å²) in [5.41, 5.74) is 5.09. The predicted molar refractivity (Wildman–Crippen MR) is 134 cm³/mol. The number of thiazole rings is 1. The van der Waals surface area contributed by atoms with E-state index in [1.54, 1.807) is 11.3 Å². The lowest BCUT2D eigenvalue weighted by molar-refractivity contribution is 0.0535. The molecule has 5 heteroatoms. The van der Waals surface area contributed by atoms with Gasteiger partial charge >= 0.3 is 0 Å². The average Bonchev–Trinajstić information content (AvgIpc) is 3.34. The number of nitrogens with one attached hydrogen (secondary N) is 1. The molecule has 2 N–H and O–H groups in total. The number of anilines is 3. The Kier molecular flexibility index (Phi) is 6.27. The summed E-state index contributed by atoms with van der Waals surface area (Å²) in [5, 5.41) is 15.6. The van der Waals surface area contributed by atoms with Crippen molar-refractivity contribution in [3.8, 4) is 0 Å². The van der Waals surface area contributed by atoms with E-state index in [9.17, 15) is 5.11 Å². The Morgan fingerprint density at radius 1 is 1.19 bits per heavy atom. The fourth-order valence-electron chi connectivity index (χ4n) is 4.98. The molecule has 166 valence electrons. The third-order valence-electron chi connectivity index (χ3n) is 6.63. The van der Waals surface area contributed by atoms with Crippen molar-refractivity contribution in [1.29, 1.82) is 0 Å². The number of aliphatic hydroxyl groups is 1. The molecule has 4 rings (SSSR count). The van der Waals surface area contributed by atoms with E-state index in [2.05, 4.69) is 72.4 Å². The molecule has 3 aromatic rings. The Labute approximate surface area is 190 Å². The van der Waals surface area contributed by atoms with Crippen LogP contribution in [0.1, 0.15) is 69.9 Å². The van der Waals surface area contributed by atoms with Gasteiger partial charge in [-0.15, -0.1) is 11.3 Å². The number of rotatable bonds is 7. The molecule has 2 heterocycles. The highest BCUT2D eigenvalue weighted by atomic mass is 32.1. The molecule has 1 fully saturated rings. The maximum absolute atomic E-state index is 10.8. The molecular formula is C26H35N3OS. The molecule has 0 bridgehead atoms. The Morgan fingerprint density at radius 2 is 1.97 bits per heavy atom. The van der Waals surface area contributed by atoms with Crippen LogP contribution in [-0.4, -0.2) is 28.3 Å². The van der Waals surface area contributed by atoms with E-state index in [0.717, 1.165) is 54.1 Å². The molecule has 1 atom stereocenters. The second-order valence-electron chi connectivity index (χ2n) is 9.34. The SMILES string of the molecule is CCC(CC)c1ccc(N2CCC[C@H]2C(C)(C)O)c(Nc2ccc3nc(C)sc3c2)c1. The second-order valence-corrected chi connectivity index (χ2v) is 10.6. The van der Waals surface area contributed by atoms with Gasteiger partial charge in [0.05, 0.1) is 38.2 Å². The predicted octanol–water partition coefficient (Wildman–Crippen LogP) is 6.99. The van der Waals surface area contributed by atoms with Crippen LogP contribution in [0.25, 0.3) is 10.2 Å². The van der Waals surface area contributed by atoms with E-state index in [1.165, 1.54) is 16.0 Å². The zero-order valence-corrected chi connectivity index (χ0v) is 20.2. The van der Waals surface area contributed by atoms with E-state index >= 15 is 0 Å². The molecule has 0 amide bonds. The van der Waals surface area contributed by atoms with Gasteiger partial charge in [-0.2, -0.15) is 0 Å². The fourth-order valence-corrected chi connectivity index (χ4v) is 5.85. The van der Waals surface area contributed by atoms with E-state index in [0.29, 0.717) is 5.92 Å². The van der Waals surface area contributed by atoms with E-state index < -0.39 is 5.60 Å². The molecular weight excluding hydrogens is 402 g/mol. The van der Waals surface area contributed by atoms with Gasteiger partial charge in [0.2, 0.25) is 0 Å². The van der Waals surface area contributed by atoms with Gasteiger partial charge in [-0.05, 0) is 88.3 Å². The molecule has 0 saturated carbocycles. The molecule has 0 unspecified atom stereocenters. The maximum Gasteiger partial charge on any atom is 0.0907 e. The van der Waals surface area contributed by atoms with E-state index in [1.807, 2.05) is 13.8 Å². The van der Waals surface area contributed by atoms with Crippen molar-refractivity contribution in [2.75, 3.05) is 16.8 Å². The van der Waals surface area contributed by atoms with Crippen LogP contribution in [-0.2, 0) is 0 Å². The monoisotopic (exact) mass is 437 g/mol. The zero-order valence-electron chi connectivity index (χ0n) is 19.4. The molecule has 1 aromatic heterocycles. The topological polar surface area (TPSA) is 48.4 Å². The molecule has 1 aliphatic heterocycles. The standard InChI is InChI=1S/C26H35N3OS/c1-6-18(7-2)19-10-13-23(29-14-8-9-25(29)26(4,5)30)22(15-19)28-20-11-12-21-24(16-20)31-17(3)27-21/h10-13,15-16,18,25,28,30H,6-9,14H2,1-5H3/t25-/m0/s1. The first-order valence-corrected chi connectivity index (χ1v) is 12.4. The number of hydrogen-bond acceptors (Lipinski definition) is 5. The van der Waals surface area contributed by atoms with Crippen LogP contribution in [0.4, 0.5) is 17.1 Å². The molecule has 2 aromatic carbocycles. The summed E-state index contributed by atoms with van der Waals surface area (Å²) >= 11 is 1.73. The van der Waals surface area contributed by atoms with Crippen LogP contribution >= 0.6 is 11.3 Å². The van der Waals surface area contributed by atoms with Gasteiger partial charge in [-0.3, -0.25) is 0 Å². The third kappa shape index (κ3) is 4.58. The lowest BCUT2D eigenvalue weighted by Gasteiger charge is -2.36. The maximum atomic E-state index is 10.8. The van der Waals surface area contributed by atoms with Gasteiger partial charge in [-0.25, -0.2) is 4.98 Å². The Bertz CT molecular complexity index is 1050. The highest BCUT2D eigenvalue weighted by Crippen LogP contribution is 2.40. The van der Waals surface area contributed by atoms with Crippen LogP contribution in [0.15, 0.2) is 36.4 Å². The molecule has 4 nitrogen and oxygen atoms in total. The first-order valence-electron chi connectivity index (χ1n) is 11.6. The quantitative estimate of drug-likeness (QED) is 0.418. The van der Waals surface area contributed by atoms with Crippen molar-refractivity contribution in [2.24, 2.45) is 0 Å². The van der Waals surface area contributed by atoms with Crippen LogP contribution in [0.5, 0.6) is 0 Å². The Morgan fingerprint density at radius 3 is 2.68 bits per heavy atom. The smallest absolute Gasteiger partial charge is 0.0907 e. The summed E-state index contributed by atoms with van der Waals surface area (Å²) in [7, 11) is 0. The second kappa shape index (κ2) is 8.79. The Hall–Kier alpha value is -2.11. The van der Waals surface area contributed by atoms with Crippen molar-refractivity contribution < 1.29 is 5.11 Å². The van der Waals surface area contributed by atoms with E-state index in [-0.39, 0.29) is 6.04 Å². The van der Waals surface area contributed by atoms with Gasteiger partial charge in [-0.1, -0.05) is 19.9 Å². The fraction of sp³-hybridized carbons (Fsp3) is 0.500.